The lowest BCUT2D eigenvalue weighted by Gasteiger charge is -2.37. The highest BCUT2D eigenvalue weighted by Crippen LogP contribution is 2.41. The smallest absolute Gasteiger partial charge is 0.410 e. The Labute approximate surface area is 213 Å². The summed E-state index contributed by atoms with van der Waals surface area (Å²) in [7, 11) is 0. The van der Waals surface area contributed by atoms with Crippen LogP contribution in [0.5, 0.6) is 0 Å². The van der Waals surface area contributed by atoms with Gasteiger partial charge in [-0.3, -0.25) is 4.79 Å². The van der Waals surface area contributed by atoms with Crippen LogP contribution in [0.3, 0.4) is 0 Å². The summed E-state index contributed by atoms with van der Waals surface area (Å²) < 4.78 is 5.55. The molecule has 7 nitrogen and oxygen atoms in total. The van der Waals surface area contributed by atoms with Crippen molar-refractivity contribution in [2.45, 2.75) is 39.2 Å². The SMILES string of the molecule is CC(C)(C)OC(=O)N1CCN(c2cccc3c2Nc2ccccc2N(CC2=CCCC=C2)C3=O)CC1. The van der Waals surface area contributed by atoms with Crippen LogP contribution >= 0.6 is 0 Å². The van der Waals surface area contributed by atoms with Gasteiger partial charge in [0, 0.05) is 26.2 Å². The second-order valence-electron chi connectivity index (χ2n) is 10.4. The first-order valence-corrected chi connectivity index (χ1v) is 12.7. The number of hydrogen-bond acceptors (Lipinski definition) is 5. The van der Waals surface area contributed by atoms with Crippen LogP contribution in [0.15, 0.2) is 66.3 Å². The minimum Gasteiger partial charge on any atom is -0.444 e. The summed E-state index contributed by atoms with van der Waals surface area (Å²) in [6, 6.07) is 13.9. The van der Waals surface area contributed by atoms with E-state index in [9.17, 15) is 9.59 Å². The number of rotatable bonds is 3. The number of para-hydroxylation sites is 3. The van der Waals surface area contributed by atoms with Crippen molar-refractivity contribution < 1.29 is 14.3 Å². The van der Waals surface area contributed by atoms with Gasteiger partial charge < -0.3 is 24.8 Å². The first kappa shape index (κ1) is 24.0. The first-order valence-electron chi connectivity index (χ1n) is 12.7. The third kappa shape index (κ3) is 4.96. The van der Waals surface area contributed by atoms with Crippen LogP contribution < -0.4 is 15.1 Å². The van der Waals surface area contributed by atoms with Crippen molar-refractivity contribution in [3.8, 4) is 0 Å². The van der Waals surface area contributed by atoms with Gasteiger partial charge in [-0.25, -0.2) is 4.79 Å². The van der Waals surface area contributed by atoms with E-state index in [1.165, 1.54) is 0 Å². The van der Waals surface area contributed by atoms with E-state index >= 15 is 0 Å². The zero-order valence-electron chi connectivity index (χ0n) is 21.3. The van der Waals surface area contributed by atoms with Gasteiger partial charge in [0.1, 0.15) is 5.60 Å². The fourth-order valence-corrected chi connectivity index (χ4v) is 4.90. The van der Waals surface area contributed by atoms with Crippen molar-refractivity contribution in [3.63, 3.8) is 0 Å². The molecule has 0 unspecified atom stereocenters. The van der Waals surface area contributed by atoms with Gasteiger partial charge >= 0.3 is 6.09 Å². The van der Waals surface area contributed by atoms with Crippen LogP contribution in [0, 0.1) is 0 Å². The van der Waals surface area contributed by atoms with Crippen molar-refractivity contribution >= 4 is 34.7 Å². The molecule has 0 aromatic heterocycles. The molecule has 188 valence electrons. The maximum atomic E-state index is 13.9. The second-order valence-corrected chi connectivity index (χ2v) is 10.4. The number of amides is 2. The molecule has 2 aromatic carbocycles. The molecule has 1 aliphatic carbocycles. The minimum absolute atomic E-state index is 0.0171. The summed E-state index contributed by atoms with van der Waals surface area (Å²) in [5.74, 6) is -0.0171. The van der Waals surface area contributed by atoms with Gasteiger partial charge in [-0.1, -0.05) is 36.4 Å². The van der Waals surface area contributed by atoms with Gasteiger partial charge in [0.25, 0.3) is 5.91 Å². The fraction of sp³-hybridized carbons (Fsp3) is 0.379. The molecule has 1 fully saturated rings. The Hall–Kier alpha value is -3.74. The van der Waals surface area contributed by atoms with Crippen molar-refractivity contribution in [1.82, 2.24) is 4.90 Å². The molecular formula is C29H34N4O3. The number of nitrogens with one attached hydrogen (secondary N) is 1. The lowest BCUT2D eigenvalue weighted by molar-refractivity contribution is 0.0240. The Morgan fingerprint density at radius 2 is 1.72 bits per heavy atom. The van der Waals surface area contributed by atoms with Gasteiger partial charge in [0.2, 0.25) is 0 Å². The van der Waals surface area contributed by atoms with Crippen LogP contribution in [0.4, 0.5) is 27.5 Å². The molecule has 0 saturated carbocycles. The number of fused-ring (bicyclic) bond motifs is 2. The Kier molecular flexibility index (Phi) is 6.48. The molecule has 7 heteroatoms. The number of carbonyl (C=O) groups excluding carboxylic acids is 2. The summed E-state index contributed by atoms with van der Waals surface area (Å²) in [6.07, 6.45) is 8.28. The molecule has 2 aromatic rings. The van der Waals surface area contributed by atoms with E-state index in [1.807, 2.05) is 68.1 Å². The summed E-state index contributed by atoms with van der Waals surface area (Å²) in [4.78, 5) is 32.3. The zero-order valence-corrected chi connectivity index (χ0v) is 21.3. The van der Waals surface area contributed by atoms with Gasteiger partial charge in [0.05, 0.1) is 34.9 Å². The molecule has 2 heterocycles. The standard InChI is InChI=1S/C29H34N4O3/c1-29(2,3)36-28(35)32-18-16-31(17-19-32)25-15-9-12-22-26(25)30-23-13-7-8-14-24(23)33(27(22)34)20-21-10-5-4-6-11-21/h5,7-15,30H,4,6,16-20H2,1-3H3. The maximum Gasteiger partial charge on any atom is 0.410 e. The van der Waals surface area contributed by atoms with Gasteiger partial charge in [-0.2, -0.15) is 0 Å². The molecule has 1 saturated heterocycles. The highest BCUT2D eigenvalue weighted by molar-refractivity contribution is 6.15. The van der Waals surface area contributed by atoms with Crippen LogP contribution in [0.2, 0.25) is 0 Å². The predicted molar refractivity (Wildman–Crippen MR) is 144 cm³/mol. The second kappa shape index (κ2) is 9.72. The molecular weight excluding hydrogens is 452 g/mol. The molecule has 36 heavy (non-hydrogen) atoms. The number of piperazine rings is 1. The van der Waals surface area contributed by atoms with Gasteiger partial charge in [-0.05, 0) is 63.5 Å². The maximum absolute atomic E-state index is 13.9. The lowest BCUT2D eigenvalue weighted by Crippen LogP contribution is -2.50. The number of ether oxygens (including phenoxy) is 1. The molecule has 1 N–H and O–H groups in total. The molecule has 0 spiro atoms. The van der Waals surface area contributed by atoms with E-state index in [-0.39, 0.29) is 12.0 Å². The van der Waals surface area contributed by atoms with E-state index in [0.29, 0.717) is 38.3 Å². The molecule has 2 aliphatic heterocycles. The Bertz CT molecular complexity index is 1220. The predicted octanol–water partition coefficient (Wildman–Crippen LogP) is 5.72. The van der Waals surface area contributed by atoms with E-state index < -0.39 is 5.60 Å². The Morgan fingerprint density at radius 3 is 2.44 bits per heavy atom. The van der Waals surface area contributed by atoms with Crippen molar-refractivity contribution in [1.29, 1.82) is 0 Å². The average Bonchev–Trinajstić information content (AvgIpc) is 2.98. The number of allylic oxidation sites excluding steroid dienone is 2. The quantitative estimate of drug-likeness (QED) is 0.601. The number of benzene rings is 2. The Morgan fingerprint density at radius 1 is 0.972 bits per heavy atom. The van der Waals surface area contributed by atoms with E-state index in [1.54, 1.807) is 4.90 Å². The van der Waals surface area contributed by atoms with Crippen LogP contribution in [0.25, 0.3) is 0 Å². The van der Waals surface area contributed by atoms with Gasteiger partial charge in [0.15, 0.2) is 0 Å². The average molecular weight is 487 g/mol. The molecule has 2 amide bonds. The number of hydrogen-bond donors (Lipinski definition) is 1. The largest absolute Gasteiger partial charge is 0.444 e. The summed E-state index contributed by atoms with van der Waals surface area (Å²) in [6.45, 7) is 8.63. The highest BCUT2D eigenvalue weighted by atomic mass is 16.6. The third-order valence-corrected chi connectivity index (χ3v) is 6.66. The molecule has 0 atom stereocenters. The zero-order chi connectivity index (χ0) is 25.3. The summed E-state index contributed by atoms with van der Waals surface area (Å²) in [5, 5.41) is 3.58. The summed E-state index contributed by atoms with van der Waals surface area (Å²) in [5.41, 5.74) is 4.86. The van der Waals surface area contributed by atoms with E-state index in [2.05, 4.69) is 28.4 Å². The van der Waals surface area contributed by atoms with Gasteiger partial charge in [-0.15, -0.1) is 0 Å². The van der Waals surface area contributed by atoms with Crippen molar-refractivity contribution in [2.24, 2.45) is 0 Å². The lowest BCUT2D eigenvalue weighted by atomic mass is 10.1. The number of carbonyl (C=O) groups is 2. The Balaban J connectivity index is 1.42. The number of nitrogens with zero attached hydrogens (tertiary/aromatic N) is 3. The van der Waals surface area contributed by atoms with Crippen LogP contribution in [-0.4, -0.2) is 55.2 Å². The van der Waals surface area contributed by atoms with E-state index in [4.69, 9.17) is 4.74 Å². The molecule has 3 aliphatic rings. The van der Waals surface area contributed by atoms with Crippen molar-refractivity contribution in [3.05, 3.63) is 71.8 Å². The third-order valence-electron chi connectivity index (χ3n) is 6.66. The van der Waals surface area contributed by atoms with Crippen LogP contribution in [-0.2, 0) is 4.74 Å². The van der Waals surface area contributed by atoms with Crippen LogP contribution in [0.1, 0.15) is 44.0 Å². The molecule has 0 bridgehead atoms. The van der Waals surface area contributed by atoms with E-state index in [0.717, 1.165) is 41.2 Å². The first-order chi connectivity index (χ1) is 17.3. The number of anilines is 4. The fourth-order valence-electron chi connectivity index (χ4n) is 4.90. The molecule has 5 rings (SSSR count). The normalized spacial score (nSPS) is 17.6. The monoisotopic (exact) mass is 486 g/mol. The summed E-state index contributed by atoms with van der Waals surface area (Å²) >= 11 is 0. The minimum atomic E-state index is -0.516. The van der Waals surface area contributed by atoms with Crippen molar-refractivity contribution in [2.75, 3.05) is 47.8 Å². The molecule has 0 radical (unpaired) electrons. The highest BCUT2D eigenvalue weighted by Gasteiger charge is 2.31. The topological polar surface area (TPSA) is 65.1 Å².